The van der Waals surface area contributed by atoms with E-state index in [1.54, 1.807) is 0 Å². The number of aryl methyl sites for hydroxylation is 1. The molecule has 3 rings (SSSR count). The Labute approximate surface area is 159 Å². The molecular formula is C21H25N3O3. The van der Waals surface area contributed by atoms with E-state index < -0.39 is 0 Å². The highest BCUT2D eigenvalue weighted by Crippen LogP contribution is 2.26. The number of hydrogen-bond acceptors (Lipinski definition) is 4. The van der Waals surface area contributed by atoms with Crippen molar-refractivity contribution in [2.75, 3.05) is 41.8 Å². The molecule has 0 aromatic heterocycles. The second-order valence-corrected chi connectivity index (χ2v) is 6.64. The second kappa shape index (κ2) is 8.68. The van der Waals surface area contributed by atoms with Crippen LogP contribution in [0.5, 0.6) is 0 Å². The van der Waals surface area contributed by atoms with Crippen molar-refractivity contribution >= 4 is 28.9 Å². The minimum Gasteiger partial charge on any atom is -0.378 e. The minimum absolute atomic E-state index is 0.231. The Morgan fingerprint density at radius 3 is 2.30 bits per heavy atom. The Balaban J connectivity index is 1.62. The van der Waals surface area contributed by atoms with Gasteiger partial charge in [-0.05, 0) is 43.2 Å². The highest BCUT2D eigenvalue weighted by atomic mass is 16.5. The summed E-state index contributed by atoms with van der Waals surface area (Å²) in [6.45, 7) is 6.82. The Morgan fingerprint density at radius 2 is 1.56 bits per heavy atom. The smallest absolute Gasteiger partial charge is 0.233 e. The van der Waals surface area contributed by atoms with Gasteiger partial charge in [0.1, 0.15) is 6.42 Å². The molecule has 2 aromatic rings. The number of nitrogens with zero attached hydrogens (tertiary/aromatic N) is 1. The van der Waals surface area contributed by atoms with Crippen LogP contribution in [0.2, 0.25) is 0 Å². The van der Waals surface area contributed by atoms with E-state index in [1.807, 2.05) is 56.3 Å². The largest absolute Gasteiger partial charge is 0.378 e. The van der Waals surface area contributed by atoms with Crippen molar-refractivity contribution in [3.05, 3.63) is 53.6 Å². The summed E-state index contributed by atoms with van der Waals surface area (Å²) in [5, 5.41) is 5.69. The Morgan fingerprint density at radius 1 is 0.926 bits per heavy atom. The predicted molar refractivity (Wildman–Crippen MR) is 107 cm³/mol. The van der Waals surface area contributed by atoms with Crippen LogP contribution in [0.15, 0.2) is 42.5 Å². The number of hydrogen-bond donors (Lipinski definition) is 2. The number of para-hydroxylation sites is 2. The van der Waals surface area contributed by atoms with Crippen LogP contribution in [-0.2, 0) is 14.3 Å². The maximum absolute atomic E-state index is 12.4. The molecule has 0 aliphatic carbocycles. The summed E-state index contributed by atoms with van der Waals surface area (Å²) in [5.41, 5.74) is 4.50. The number of amides is 2. The molecule has 1 aliphatic rings. The molecule has 0 bridgehead atoms. The molecule has 1 fully saturated rings. The summed E-state index contributed by atoms with van der Waals surface area (Å²) >= 11 is 0. The molecular weight excluding hydrogens is 342 g/mol. The van der Waals surface area contributed by atoms with E-state index in [0.717, 1.165) is 35.6 Å². The molecule has 0 saturated carbocycles. The molecule has 1 saturated heterocycles. The van der Waals surface area contributed by atoms with Crippen molar-refractivity contribution in [2.24, 2.45) is 0 Å². The number of carbonyl (C=O) groups excluding carboxylic acids is 2. The van der Waals surface area contributed by atoms with Crippen LogP contribution in [0.1, 0.15) is 17.5 Å². The zero-order valence-corrected chi connectivity index (χ0v) is 15.7. The lowest BCUT2D eigenvalue weighted by Crippen LogP contribution is -2.36. The van der Waals surface area contributed by atoms with Gasteiger partial charge < -0.3 is 20.3 Å². The highest BCUT2D eigenvalue weighted by Gasteiger charge is 2.17. The highest BCUT2D eigenvalue weighted by molar-refractivity contribution is 6.09. The van der Waals surface area contributed by atoms with Crippen LogP contribution in [0.4, 0.5) is 17.1 Å². The number of anilines is 3. The average molecular weight is 367 g/mol. The van der Waals surface area contributed by atoms with Gasteiger partial charge in [0.25, 0.3) is 0 Å². The summed E-state index contributed by atoms with van der Waals surface area (Å²) in [6.07, 6.45) is -0.231. The van der Waals surface area contributed by atoms with Gasteiger partial charge in [-0.15, -0.1) is 0 Å². The van der Waals surface area contributed by atoms with E-state index in [9.17, 15) is 9.59 Å². The average Bonchev–Trinajstić information content (AvgIpc) is 2.66. The molecule has 0 radical (unpaired) electrons. The molecule has 6 heteroatoms. The van der Waals surface area contributed by atoms with Crippen molar-refractivity contribution in [2.45, 2.75) is 20.3 Å². The van der Waals surface area contributed by atoms with E-state index in [0.29, 0.717) is 18.9 Å². The van der Waals surface area contributed by atoms with Gasteiger partial charge in [0.05, 0.1) is 24.6 Å². The predicted octanol–water partition coefficient (Wildman–Crippen LogP) is 3.11. The van der Waals surface area contributed by atoms with Gasteiger partial charge in [0, 0.05) is 18.8 Å². The number of rotatable bonds is 5. The normalized spacial score (nSPS) is 13.9. The van der Waals surface area contributed by atoms with Crippen molar-refractivity contribution in [1.82, 2.24) is 0 Å². The van der Waals surface area contributed by atoms with Crippen molar-refractivity contribution in [1.29, 1.82) is 0 Å². The van der Waals surface area contributed by atoms with Crippen LogP contribution in [0.3, 0.4) is 0 Å². The maximum atomic E-state index is 12.4. The fraction of sp³-hybridized carbons (Fsp3) is 0.333. The first-order valence-corrected chi connectivity index (χ1v) is 9.12. The second-order valence-electron chi connectivity index (χ2n) is 6.64. The summed E-state index contributed by atoms with van der Waals surface area (Å²) < 4.78 is 5.39. The lowest BCUT2D eigenvalue weighted by atomic mass is 10.1. The lowest BCUT2D eigenvalue weighted by molar-refractivity contribution is -0.123. The van der Waals surface area contributed by atoms with E-state index in [-0.39, 0.29) is 18.2 Å². The first-order chi connectivity index (χ1) is 13.0. The quantitative estimate of drug-likeness (QED) is 0.797. The number of ether oxygens (including phenoxy) is 1. The summed E-state index contributed by atoms with van der Waals surface area (Å²) in [6, 6.07) is 13.3. The Bertz CT molecular complexity index is 829. The first-order valence-electron chi connectivity index (χ1n) is 9.12. The van der Waals surface area contributed by atoms with Crippen LogP contribution < -0.4 is 15.5 Å². The zero-order valence-electron chi connectivity index (χ0n) is 15.7. The molecule has 27 heavy (non-hydrogen) atoms. The van der Waals surface area contributed by atoms with Gasteiger partial charge in [0.2, 0.25) is 11.8 Å². The van der Waals surface area contributed by atoms with Gasteiger partial charge in [0.15, 0.2) is 0 Å². The maximum Gasteiger partial charge on any atom is 0.233 e. The molecule has 6 nitrogen and oxygen atoms in total. The summed E-state index contributed by atoms with van der Waals surface area (Å²) in [7, 11) is 0. The van der Waals surface area contributed by atoms with Gasteiger partial charge in [-0.1, -0.05) is 24.3 Å². The number of nitrogens with one attached hydrogen (secondary N) is 2. The monoisotopic (exact) mass is 367 g/mol. The van der Waals surface area contributed by atoms with Crippen molar-refractivity contribution in [3.8, 4) is 0 Å². The van der Waals surface area contributed by atoms with Crippen LogP contribution in [0.25, 0.3) is 0 Å². The molecule has 1 aliphatic heterocycles. The third-order valence-corrected chi connectivity index (χ3v) is 4.73. The van der Waals surface area contributed by atoms with Gasteiger partial charge >= 0.3 is 0 Å². The summed E-state index contributed by atoms with van der Waals surface area (Å²) in [4.78, 5) is 26.8. The van der Waals surface area contributed by atoms with Crippen LogP contribution in [0, 0.1) is 13.8 Å². The number of benzene rings is 2. The first kappa shape index (κ1) is 18.9. The summed E-state index contributed by atoms with van der Waals surface area (Å²) in [5.74, 6) is -0.663. The van der Waals surface area contributed by atoms with E-state index in [2.05, 4.69) is 15.5 Å². The molecule has 0 atom stereocenters. The molecule has 0 spiro atoms. The third kappa shape index (κ3) is 4.86. The molecule has 2 amide bonds. The van der Waals surface area contributed by atoms with Gasteiger partial charge in [-0.25, -0.2) is 0 Å². The fourth-order valence-corrected chi connectivity index (χ4v) is 3.08. The SMILES string of the molecule is Cc1cccc(NC(=O)CC(=O)Nc2ccccc2N2CCOCC2)c1C. The van der Waals surface area contributed by atoms with Crippen molar-refractivity contribution in [3.63, 3.8) is 0 Å². The van der Waals surface area contributed by atoms with E-state index >= 15 is 0 Å². The van der Waals surface area contributed by atoms with Crippen molar-refractivity contribution < 1.29 is 14.3 Å². The molecule has 142 valence electrons. The van der Waals surface area contributed by atoms with Gasteiger partial charge in [-0.2, -0.15) is 0 Å². The third-order valence-electron chi connectivity index (χ3n) is 4.73. The zero-order chi connectivity index (χ0) is 19.2. The standard InChI is InChI=1S/C21H25N3O3/c1-15-6-5-8-17(16(15)2)22-20(25)14-21(26)23-18-7-3-4-9-19(18)24-10-12-27-13-11-24/h3-9H,10-14H2,1-2H3,(H,22,25)(H,23,26). The Kier molecular flexibility index (Phi) is 6.08. The van der Waals surface area contributed by atoms with Crippen LogP contribution >= 0.6 is 0 Å². The fourth-order valence-electron chi connectivity index (χ4n) is 3.08. The topological polar surface area (TPSA) is 70.7 Å². The molecule has 2 N–H and O–H groups in total. The van der Waals surface area contributed by atoms with Crippen LogP contribution in [-0.4, -0.2) is 38.1 Å². The molecule has 1 heterocycles. The number of carbonyl (C=O) groups is 2. The molecule has 0 unspecified atom stereocenters. The molecule has 2 aromatic carbocycles. The van der Waals surface area contributed by atoms with E-state index in [4.69, 9.17) is 4.74 Å². The minimum atomic E-state index is -0.335. The van der Waals surface area contributed by atoms with E-state index in [1.165, 1.54) is 0 Å². The van der Waals surface area contributed by atoms with Gasteiger partial charge in [-0.3, -0.25) is 9.59 Å². The lowest BCUT2D eigenvalue weighted by Gasteiger charge is -2.30. The Hall–Kier alpha value is -2.86. The number of morpholine rings is 1.